The van der Waals surface area contributed by atoms with Crippen molar-refractivity contribution in [3.63, 3.8) is 0 Å². The van der Waals surface area contributed by atoms with Gasteiger partial charge in [-0.2, -0.15) is 0 Å². The van der Waals surface area contributed by atoms with Crippen LogP contribution >= 0.6 is 0 Å². The lowest BCUT2D eigenvalue weighted by Crippen LogP contribution is -2.38. The lowest BCUT2D eigenvalue weighted by Gasteiger charge is -2.11. The van der Waals surface area contributed by atoms with E-state index in [1.165, 1.54) is 16.5 Å². The third kappa shape index (κ3) is 4.13. The number of guanidine groups is 1. The van der Waals surface area contributed by atoms with E-state index in [1.54, 1.807) is 6.20 Å². The Bertz CT molecular complexity index is 792. The van der Waals surface area contributed by atoms with Gasteiger partial charge in [-0.15, -0.1) is 0 Å². The fourth-order valence-electron chi connectivity index (χ4n) is 2.65. The third-order valence-corrected chi connectivity index (χ3v) is 3.83. The molecule has 3 N–H and O–H groups in total. The maximum Gasteiger partial charge on any atom is 0.191 e. The molecular weight excluding hydrogens is 298 g/mol. The molecule has 0 unspecified atom stereocenters. The number of pyridine rings is 1. The van der Waals surface area contributed by atoms with E-state index in [-0.39, 0.29) is 0 Å². The highest BCUT2D eigenvalue weighted by molar-refractivity contribution is 5.83. The van der Waals surface area contributed by atoms with Crippen LogP contribution in [0.3, 0.4) is 0 Å². The zero-order valence-corrected chi connectivity index (χ0v) is 13.9. The first-order valence-electron chi connectivity index (χ1n) is 8.34. The fourth-order valence-corrected chi connectivity index (χ4v) is 2.65. The van der Waals surface area contributed by atoms with Crippen molar-refractivity contribution in [1.29, 1.82) is 0 Å². The number of hydrogen-bond acceptors (Lipinski definition) is 2. The normalized spacial score (nSPS) is 11.6. The summed E-state index contributed by atoms with van der Waals surface area (Å²) in [5.41, 5.74) is 3.47. The Morgan fingerprint density at radius 2 is 2.00 bits per heavy atom. The first-order chi connectivity index (χ1) is 11.9. The molecule has 0 atom stereocenters. The first-order valence-corrected chi connectivity index (χ1v) is 8.34. The summed E-state index contributed by atoms with van der Waals surface area (Å²) in [6, 6.07) is 14.3. The molecule has 0 radical (unpaired) electrons. The molecule has 0 aliphatic rings. The molecule has 2 heterocycles. The molecular formula is C19H23N5. The highest BCUT2D eigenvalue weighted by atomic mass is 15.2. The predicted octanol–water partition coefficient (Wildman–Crippen LogP) is 2.86. The van der Waals surface area contributed by atoms with Crippen molar-refractivity contribution in [3.8, 4) is 0 Å². The van der Waals surface area contributed by atoms with Crippen molar-refractivity contribution in [1.82, 2.24) is 20.6 Å². The van der Waals surface area contributed by atoms with Gasteiger partial charge in [0.1, 0.15) is 0 Å². The van der Waals surface area contributed by atoms with Crippen molar-refractivity contribution in [2.24, 2.45) is 4.99 Å². The second kappa shape index (κ2) is 8.15. The molecule has 2 aromatic heterocycles. The Balaban J connectivity index is 1.58. The van der Waals surface area contributed by atoms with Crippen molar-refractivity contribution in [2.45, 2.75) is 19.9 Å². The van der Waals surface area contributed by atoms with Gasteiger partial charge in [0.05, 0.1) is 12.2 Å². The molecule has 5 heteroatoms. The molecule has 3 aromatic rings. The molecule has 0 bridgehead atoms. The molecule has 0 fully saturated rings. The van der Waals surface area contributed by atoms with E-state index in [1.807, 2.05) is 18.2 Å². The van der Waals surface area contributed by atoms with Gasteiger partial charge in [-0.05, 0) is 37.1 Å². The molecule has 124 valence electrons. The van der Waals surface area contributed by atoms with Crippen molar-refractivity contribution in [2.75, 3.05) is 13.1 Å². The summed E-state index contributed by atoms with van der Waals surface area (Å²) in [5, 5.41) is 7.95. The Morgan fingerprint density at radius 1 is 1.12 bits per heavy atom. The van der Waals surface area contributed by atoms with Crippen LogP contribution in [0, 0.1) is 0 Å². The molecule has 1 aromatic carbocycles. The number of nitrogens with one attached hydrogen (secondary N) is 3. The molecule has 0 aliphatic heterocycles. The number of hydrogen-bond donors (Lipinski definition) is 3. The number of H-pyrrole nitrogens is 1. The Kier molecular flexibility index (Phi) is 5.45. The predicted molar refractivity (Wildman–Crippen MR) is 99.1 cm³/mol. The number of nitrogens with zero attached hydrogens (tertiary/aromatic N) is 2. The van der Waals surface area contributed by atoms with Crippen LogP contribution in [0.2, 0.25) is 0 Å². The Morgan fingerprint density at radius 3 is 2.83 bits per heavy atom. The van der Waals surface area contributed by atoms with Gasteiger partial charge in [-0.3, -0.25) is 4.98 Å². The van der Waals surface area contributed by atoms with E-state index in [9.17, 15) is 0 Å². The number of aliphatic imine (C=N–C) groups is 1. The molecule has 0 saturated heterocycles. The summed E-state index contributed by atoms with van der Waals surface area (Å²) in [5.74, 6) is 0.822. The lowest BCUT2D eigenvalue weighted by atomic mass is 10.1. The summed E-state index contributed by atoms with van der Waals surface area (Å²) < 4.78 is 0. The summed E-state index contributed by atoms with van der Waals surface area (Å²) in [6.07, 6.45) is 4.82. The van der Waals surface area contributed by atoms with Crippen LogP contribution in [-0.4, -0.2) is 29.0 Å². The summed E-state index contributed by atoms with van der Waals surface area (Å²) in [7, 11) is 0. The van der Waals surface area contributed by atoms with Crippen LogP contribution in [0.5, 0.6) is 0 Å². The number of aromatic amines is 1. The largest absolute Gasteiger partial charge is 0.361 e. The smallest absolute Gasteiger partial charge is 0.191 e. The standard InChI is InChI=1S/C19H23N5/c1-2-20-19(24-14-16-7-5-6-11-21-16)22-12-10-15-13-23-18-9-4-3-8-17(15)18/h3-9,11,13,23H,2,10,12,14H2,1H3,(H2,20,22,24). The Hall–Kier alpha value is -2.82. The third-order valence-electron chi connectivity index (χ3n) is 3.83. The molecule has 0 aliphatic carbocycles. The highest BCUT2D eigenvalue weighted by Gasteiger charge is 2.03. The van der Waals surface area contributed by atoms with E-state index in [0.717, 1.165) is 31.2 Å². The van der Waals surface area contributed by atoms with Crippen LogP contribution in [-0.2, 0) is 13.0 Å². The minimum absolute atomic E-state index is 0.573. The second-order valence-electron chi connectivity index (χ2n) is 5.55. The fraction of sp³-hybridized carbons (Fsp3) is 0.263. The summed E-state index contributed by atoms with van der Waals surface area (Å²) >= 11 is 0. The van der Waals surface area contributed by atoms with Gasteiger partial charge in [0, 0.05) is 36.4 Å². The van der Waals surface area contributed by atoms with Crippen molar-refractivity contribution >= 4 is 16.9 Å². The van der Waals surface area contributed by atoms with Crippen LogP contribution in [0.4, 0.5) is 0 Å². The van der Waals surface area contributed by atoms with E-state index in [4.69, 9.17) is 0 Å². The van der Waals surface area contributed by atoms with Crippen LogP contribution in [0.1, 0.15) is 18.2 Å². The summed E-state index contributed by atoms with van der Waals surface area (Å²) in [6.45, 7) is 4.30. The van der Waals surface area contributed by atoms with Gasteiger partial charge in [0.2, 0.25) is 0 Å². The minimum atomic E-state index is 0.573. The quantitative estimate of drug-likeness (QED) is 0.483. The maximum atomic E-state index is 4.59. The first kappa shape index (κ1) is 16.1. The molecule has 3 rings (SSSR count). The monoisotopic (exact) mass is 321 g/mol. The zero-order chi connectivity index (χ0) is 16.6. The topological polar surface area (TPSA) is 65.1 Å². The molecule has 5 nitrogen and oxygen atoms in total. The second-order valence-corrected chi connectivity index (χ2v) is 5.55. The summed E-state index contributed by atoms with van der Waals surface area (Å²) in [4.78, 5) is 12.2. The van der Waals surface area contributed by atoms with Gasteiger partial charge in [-0.25, -0.2) is 4.99 Å². The minimum Gasteiger partial charge on any atom is -0.361 e. The molecule has 0 saturated carbocycles. The van der Waals surface area contributed by atoms with Crippen molar-refractivity contribution in [3.05, 3.63) is 66.1 Å². The average Bonchev–Trinajstić information content (AvgIpc) is 3.04. The lowest BCUT2D eigenvalue weighted by molar-refractivity contribution is 0.798. The van der Waals surface area contributed by atoms with E-state index in [0.29, 0.717) is 6.54 Å². The number of rotatable bonds is 6. The van der Waals surface area contributed by atoms with Crippen molar-refractivity contribution < 1.29 is 0 Å². The number of fused-ring (bicyclic) bond motifs is 1. The van der Waals surface area contributed by atoms with Gasteiger partial charge in [-0.1, -0.05) is 24.3 Å². The Labute approximate surface area is 142 Å². The number of benzene rings is 1. The van der Waals surface area contributed by atoms with Gasteiger partial charge < -0.3 is 15.6 Å². The zero-order valence-electron chi connectivity index (χ0n) is 13.9. The average molecular weight is 321 g/mol. The van der Waals surface area contributed by atoms with Crippen LogP contribution in [0.15, 0.2) is 59.9 Å². The number of aromatic nitrogens is 2. The van der Waals surface area contributed by atoms with E-state index in [2.05, 4.69) is 63.0 Å². The molecule has 0 spiro atoms. The highest BCUT2D eigenvalue weighted by Crippen LogP contribution is 2.17. The van der Waals surface area contributed by atoms with E-state index >= 15 is 0 Å². The van der Waals surface area contributed by atoms with E-state index < -0.39 is 0 Å². The molecule has 24 heavy (non-hydrogen) atoms. The van der Waals surface area contributed by atoms with Gasteiger partial charge in [0.15, 0.2) is 5.96 Å². The SMILES string of the molecule is CCNC(=NCc1ccccn1)NCCc1c[nH]c2ccccc12. The van der Waals surface area contributed by atoms with Crippen LogP contribution in [0.25, 0.3) is 10.9 Å². The van der Waals surface area contributed by atoms with Gasteiger partial charge in [0.25, 0.3) is 0 Å². The maximum absolute atomic E-state index is 4.59. The van der Waals surface area contributed by atoms with Crippen LogP contribution < -0.4 is 10.6 Å². The number of para-hydroxylation sites is 1. The van der Waals surface area contributed by atoms with Gasteiger partial charge >= 0.3 is 0 Å². The molecule has 0 amide bonds.